The summed E-state index contributed by atoms with van der Waals surface area (Å²) in [6.45, 7) is 2.83. The summed E-state index contributed by atoms with van der Waals surface area (Å²) >= 11 is 0. The third kappa shape index (κ3) is 4.31. The predicted octanol–water partition coefficient (Wildman–Crippen LogP) is 3.95. The maximum absolute atomic E-state index is 12.4. The van der Waals surface area contributed by atoms with E-state index in [1.807, 2.05) is 49.4 Å². The monoisotopic (exact) mass is 346 g/mol. The molecular formula is C21H18N2O3. The van der Waals surface area contributed by atoms with Crippen molar-refractivity contribution >= 4 is 17.7 Å². The molecule has 0 aromatic heterocycles. The van der Waals surface area contributed by atoms with Crippen LogP contribution in [0.4, 0.5) is 5.69 Å². The molecule has 0 saturated heterocycles. The van der Waals surface area contributed by atoms with E-state index in [-0.39, 0.29) is 5.57 Å². The summed E-state index contributed by atoms with van der Waals surface area (Å²) in [5.74, 6) is 0.758. The molecule has 0 aliphatic carbocycles. The van der Waals surface area contributed by atoms with Crippen LogP contribution in [0.15, 0.2) is 65.8 Å². The minimum atomic E-state index is -0.468. The smallest absolute Gasteiger partial charge is 0.266 e. The van der Waals surface area contributed by atoms with Crippen molar-refractivity contribution in [1.82, 2.24) is 0 Å². The van der Waals surface area contributed by atoms with Crippen molar-refractivity contribution in [2.24, 2.45) is 0 Å². The van der Waals surface area contributed by atoms with Gasteiger partial charge in [-0.25, -0.2) is 0 Å². The molecule has 1 aliphatic heterocycles. The number of benzene rings is 2. The van der Waals surface area contributed by atoms with Crippen molar-refractivity contribution in [2.45, 2.75) is 6.92 Å². The van der Waals surface area contributed by atoms with E-state index in [1.165, 1.54) is 0 Å². The van der Waals surface area contributed by atoms with Gasteiger partial charge in [-0.05, 0) is 36.3 Å². The highest BCUT2D eigenvalue weighted by Crippen LogP contribution is 2.32. The number of fused-ring (bicyclic) bond motifs is 1. The van der Waals surface area contributed by atoms with Gasteiger partial charge in [-0.2, -0.15) is 5.26 Å². The first-order valence-corrected chi connectivity index (χ1v) is 8.22. The molecule has 0 unspecified atom stereocenters. The number of allylic oxidation sites excluding steroid dienone is 2. The number of nitrogens with one attached hydrogen (secondary N) is 1. The van der Waals surface area contributed by atoms with Gasteiger partial charge in [0.2, 0.25) is 0 Å². The molecule has 130 valence electrons. The second-order valence-electron chi connectivity index (χ2n) is 5.78. The fraction of sp³-hybridized carbons (Fsp3) is 0.143. The lowest BCUT2D eigenvalue weighted by Crippen LogP contribution is -2.17. The number of rotatable bonds is 4. The second kappa shape index (κ2) is 8.04. The third-order valence-electron chi connectivity index (χ3n) is 3.73. The molecule has 2 aromatic carbocycles. The number of hydrogen-bond acceptors (Lipinski definition) is 4. The van der Waals surface area contributed by atoms with Gasteiger partial charge in [0.15, 0.2) is 11.5 Å². The van der Waals surface area contributed by atoms with Crippen molar-refractivity contribution in [2.75, 3.05) is 18.5 Å². The van der Waals surface area contributed by atoms with Crippen LogP contribution in [0.2, 0.25) is 0 Å². The molecule has 1 aliphatic rings. The van der Waals surface area contributed by atoms with Crippen LogP contribution in [0.3, 0.4) is 0 Å². The van der Waals surface area contributed by atoms with Gasteiger partial charge < -0.3 is 14.8 Å². The van der Waals surface area contributed by atoms with Crippen LogP contribution in [0.25, 0.3) is 6.08 Å². The Hall–Kier alpha value is -3.52. The summed E-state index contributed by atoms with van der Waals surface area (Å²) in [5.41, 5.74) is 2.39. The number of amides is 1. The van der Waals surface area contributed by atoms with E-state index in [4.69, 9.17) is 9.47 Å². The Morgan fingerprint density at radius 2 is 1.85 bits per heavy atom. The Morgan fingerprint density at radius 3 is 2.58 bits per heavy atom. The number of anilines is 1. The van der Waals surface area contributed by atoms with E-state index in [9.17, 15) is 10.1 Å². The number of ether oxygens (including phenoxy) is 2. The van der Waals surface area contributed by atoms with Gasteiger partial charge in [-0.3, -0.25) is 4.79 Å². The normalized spacial score (nSPS) is 13.7. The van der Waals surface area contributed by atoms with Crippen molar-refractivity contribution < 1.29 is 14.3 Å². The zero-order valence-electron chi connectivity index (χ0n) is 14.4. The van der Waals surface area contributed by atoms with Gasteiger partial charge in [0.05, 0.1) is 0 Å². The lowest BCUT2D eigenvalue weighted by atomic mass is 10.1. The quantitative estimate of drug-likeness (QED) is 0.517. The Bertz CT molecular complexity index is 909. The molecule has 3 rings (SSSR count). The Labute approximate surface area is 152 Å². The second-order valence-corrected chi connectivity index (χ2v) is 5.78. The number of nitrogens with zero attached hydrogens (tertiary/aromatic N) is 1. The van der Waals surface area contributed by atoms with Crippen molar-refractivity contribution in [1.29, 1.82) is 5.26 Å². The third-order valence-corrected chi connectivity index (χ3v) is 3.73. The van der Waals surface area contributed by atoms with E-state index >= 15 is 0 Å². The Balaban J connectivity index is 1.75. The number of carbonyl (C=O) groups excluding carboxylic acids is 1. The number of nitriles is 1. The van der Waals surface area contributed by atoms with Crippen molar-refractivity contribution in [3.8, 4) is 17.6 Å². The lowest BCUT2D eigenvalue weighted by molar-refractivity contribution is -0.112. The molecule has 26 heavy (non-hydrogen) atoms. The molecule has 5 heteroatoms. The Morgan fingerprint density at radius 1 is 1.12 bits per heavy atom. The van der Waals surface area contributed by atoms with E-state index in [1.54, 1.807) is 24.3 Å². The SMILES string of the molecule is CC(=Cc1ccccc1)C=C(C#N)C(=O)Nc1ccc2c(c1)OCCO2. The summed E-state index contributed by atoms with van der Waals surface area (Å²) in [6.07, 6.45) is 3.48. The molecule has 0 fully saturated rings. The fourth-order valence-corrected chi connectivity index (χ4v) is 2.55. The van der Waals surface area contributed by atoms with Gasteiger partial charge >= 0.3 is 0 Å². The summed E-state index contributed by atoms with van der Waals surface area (Å²) in [5, 5.41) is 12.1. The molecule has 2 aromatic rings. The largest absolute Gasteiger partial charge is 0.486 e. The summed E-state index contributed by atoms with van der Waals surface area (Å²) in [6, 6.07) is 16.8. The van der Waals surface area contributed by atoms with E-state index in [0.29, 0.717) is 30.4 Å². The van der Waals surface area contributed by atoms with Crippen LogP contribution < -0.4 is 14.8 Å². The fourth-order valence-electron chi connectivity index (χ4n) is 2.55. The van der Waals surface area contributed by atoms with Crippen LogP contribution in [0.1, 0.15) is 12.5 Å². The lowest BCUT2D eigenvalue weighted by Gasteiger charge is -2.18. The average molecular weight is 346 g/mol. The van der Waals surface area contributed by atoms with E-state index in [0.717, 1.165) is 11.1 Å². The first kappa shape index (κ1) is 17.3. The van der Waals surface area contributed by atoms with Gasteiger partial charge in [-0.1, -0.05) is 36.4 Å². The first-order chi connectivity index (χ1) is 12.7. The van der Waals surface area contributed by atoms with Gasteiger partial charge in [-0.15, -0.1) is 0 Å². The van der Waals surface area contributed by atoms with E-state index in [2.05, 4.69) is 5.32 Å². The zero-order valence-corrected chi connectivity index (χ0v) is 14.4. The van der Waals surface area contributed by atoms with E-state index < -0.39 is 5.91 Å². The molecule has 1 N–H and O–H groups in total. The van der Waals surface area contributed by atoms with Gasteiger partial charge in [0, 0.05) is 11.8 Å². The number of carbonyl (C=O) groups is 1. The Kier molecular flexibility index (Phi) is 5.35. The standard InChI is InChI=1S/C21H18N2O3/c1-15(11-16-5-3-2-4-6-16)12-17(14-22)21(24)23-18-7-8-19-20(13-18)26-10-9-25-19/h2-8,11-13H,9-10H2,1H3,(H,23,24). The van der Waals surface area contributed by atoms with Crippen LogP contribution in [-0.4, -0.2) is 19.1 Å². The highest BCUT2D eigenvalue weighted by atomic mass is 16.6. The zero-order chi connectivity index (χ0) is 18.4. The van der Waals surface area contributed by atoms with Crippen LogP contribution in [0, 0.1) is 11.3 Å². The van der Waals surface area contributed by atoms with Crippen LogP contribution in [-0.2, 0) is 4.79 Å². The molecule has 0 spiro atoms. The molecule has 5 nitrogen and oxygen atoms in total. The van der Waals surface area contributed by atoms with Gasteiger partial charge in [0.1, 0.15) is 24.9 Å². The highest BCUT2D eigenvalue weighted by Gasteiger charge is 2.14. The molecule has 0 saturated carbocycles. The minimum Gasteiger partial charge on any atom is -0.486 e. The topological polar surface area (TPSA) is 71.4 Å². The van der Waals surface area contributed by atoms with Crippen molar-refractivity contribution in [3.63, 3.8) is 0 Å². The molecule has 1 amide bonds. The number of hydrogen-bond donors (Lipinski definition) is 1. The molecular weight excluding hydrogens is 328 g/mol. The first-order valence-electron chi connectivity index (χ1n) is 8.22. The molecule has 1 heterocycles. The summed E-state index contributed by atoms with van der Waals surface area (Å²) in [7, 11) is 0. The highest BCUT2D eigenvalue weighted by molar-refractivity contribution is 6.07. The maximum Gasteiger partial charge on any atom is 0.266 e. The summed E-state index contributed by atoms with van der Waals surface area (Å²) in [4.78, 5) is 12.4. The minimum absolute atomic E-state index is 0.0320. The molecule has 0 bridgehead atoms. The molecule has 0 atom stereocenters. The van der Waals surface area contributed by atoms with Crippen molar-refractivity contribution in [3.05, 3.63) is 71.3 Å². The maximum atomic E-state index is 12.4. The average Bonchev–Trinajstić information content (AvgIpc) is 2.66. The van der Waals surface area contributed by atoms with Gasteiger partial charge in [0.25, 0.3) is 5.91 Å². The molecule has 0 radical (unpaired) electrons. The summed E-state index contributed by atoms with van der Waals surface area (Å²) < 4.78 is 11.0. The van der Waals surface area contributed by atoms with Crippen LogP contribution >= 0.6 is 0 Å². The predicted molar refractivity (Wildman–Crippen MR) is 99.9 cm³/mol. The van der Waals surface area contributed by atoms with Crippen LogP contribution in [0.5, 0.6) is 11.5 Å².